The Kier molecular flexibility index (Phi) is 4.49. The Labute approximate surface area is 129 Å². The minimum Gasteiger partial charge on any atom is -0.381 e. The minimum absolute atomic E-state index is 0.175. The predicted molar refractivity (Wildman–Crippen MR) is 83.1 cm³/mol. The number of ether oxygens (including phenoxy) is 1. The van der Waals surface area contributed by atoms with Gasteiger partial charge in [0.1, 0.15) is 5.82 Å². The van der Waals surface area contributed by atoms with Gasteiger partial charge in [-0.2, -0.15) is 0 Å². The van der Waals surface area contributed by atoms with E-state index in [1.807, 2.05) is 6.07 Å². The molecule has 1 saturated heterocycles. The zero-order valence-corrected chi connectivity index (χ0v) is 12.2. The van der Waals surface area contributed by atoms with Gasteiger partial charge in [-0.25, -0.2) is 4.39 Å². The molecule has 4 heteroatoms. The van der Waals surface area contributed by atoms with Crippen molar-refractivity contribution >= 4 is 5.91 Å². The first-order chi connectivity index (χ1) is 10.8. The number of halogens is 1. The molecule has 1 unspecified atom stereocenters. The molecule has 1 amide bonds. The Morgan fingerprint density at radius 1 is 1.14 bits per heavy atom. The zero-order valence-electron chi connectivity index (χ0n) is 12.2. The summed E-state index contributed by atoms with van der Waals surface area (Å²) in [6.45, 7) is 2.03. The molecule has 1 aliphatic heterocycles. The molecule has 2 aromatic carbocycles. The van der Waals surface area contributed by atoms with E-state index >= 15 is 0 Å². The summed E-state index contributed by atoms with van der Waals surface area (Å²) in [6.07, 6.45) is 0.968. The first-order valence-electron chi connectivity index (χ1n) is 7.45. The zero-order chi connectivity index (χ0) is 15.4. The van der Waals surface area contributed by atoms with Gasteiger partial charge >= 0.3 is 0 Å². The third-order valence-corrected chi connectivity index (χ3v) is 3.91. The van der Waals surface area contributed by atoms with Gasteiger partial charge in [0.25, 0.3) is 5.91 Å². The summed E-state index contributed by atoms with van der Waals surface area (Å²) in [5.74, 6) is -0.137. The van der Waals surface area contributed by atoms with Crippen LogP contribution in [-0.2, 0) is 4.74 Å². The number of benzene rings is 2. The van der Waals surface area contributed by atoms with E-state index in [-0.39, 0.29) is 11.7 Å². The molecule has 0 spiro atoms. The molecule has 0 radical (unpaired) electrons. The number of hydrogen-bond donors (Lipinski definition) is 1. The lowest BCUT2D eigenvalue weighted by Gasteiger charge is -2.13. The summed E-state index contributed by atoms with van der Waals surface area (Å²) in [5, 5.41) is 2.93. The van der Waals surface area contributed by atoms with Crippen LogP contribution in [0.1, 0.15) is 16.8 Å². The molecule has 114 valence electrons. The van der Waals surface area contributed by atoms with Crippen LogP contribution in [-0.4, -0.2) is 25.7 Å². The fourth-order valence-electron chi connectivity index (χ4n) is 2.67. The summed E-state index contributed by atoms with van der Waals surface area (Å²) < 4.78 is 19.3. The molecule has 0 aliphatic carbocycles. The van der Waals surface area contributed by atoms with Crippen molar-refractivity contribution in [2.24, 2.45) is 5.92 Å². The number of carbonyl (C=O) groups is 1. The van der Waals surface area contributed by atoms with Crippen molar-refractivity contribution in [1.29, 1.82) is 0 Å². The Bertz CT molecular complexity index is 666. The van der Waals surface area contributed by atoms with Crippen molar-refractivity contribution in [2.45, 2.75) is 6.42 Å². The van der Waals surface area contributed by atoms with Gasteiger partial charge in [-0.3, -0.25) is 4.79 Å². The van der Waals surface area contributed by atoms with Crippen molar-refractivity contribution < 1.29 is 13.9 Å². The van der Waals surface area contributed by atoms with Crippen LogP contribution in [0, 0.1) is 11.7 Å². The lowest BCUT2D eigenvalue weighted by molar-refractivity contribution is 0.0945. The van der Waals surface area contributed by atoms with Crippen molar-refractivity contribution in [3.63, 3.8) is 0 Å². The highest BCUT2D eigenvalue weighted by Crippen LogP contribution is 2.26. The SMILES string of the molecule is O=C(NCC1CCOC1)c1ccccc1-c1ccccc1F. The molecule has 1 fully saturated rings. The van der Waals surface area contributed by atoms with Crippen LogP contribution in [0.25, 0.3) is 11.1 Å². The summed E-state index contributed by atoms with van der Waals surface area (Å²) in [7, 11) is 0. The highest BCUT2D eigenvalue weighted by atomic mass is 19.1. The molecule has 22 heavy (non-hydrogen) atoms. The van der Waals surface area contributed by atoms with Gasteiger partial charge in [-0.1, -0.05) is 36.4 Å². The van der Waals surface area contributed by atoms with E-state index < -0.39 is 0 Å². The molecule has 0 saturated carbocycles. The molecule has 1 N–H and O–H groups in total. The van der Waals surface area contributed by atoms with Crippen molar-refractivity contribution in [2.75, 3.05) is 19.8 Å². The van der Waals surface area contributed by atoms with Crippen LogP contribution in [0.15, 0.2) is 48.5 Å². The third kappa shape index (κ3) is 3.17. The van der Waals surface area contributed by atoms with Crippen molar-refractivity contribution in [1.82, 2.24) is 5.32 Å². The lowest BCUT2D eigenvalue weighted by atomic mass is 9.98. The standard InChI is InChI=1S/C18H18FNO2/c19-17-8-4-3-6-15(17)14-5-1-2-7-16(14)18(21)20-11-13-9-10-22-12-13/h1-8,13H,9-12H2,(H,20,21). The molecule has 3 rings (SSSR count). The molecule has 1 heterocycles. The van der Waals surface area contributed by atoms with E-state index in [9.17, 15) is 9.18 Å². The normalized spacial score (nSPS) is 17.4. The van der Waals surface area contributed by atoms with Crippen LogP contribution in [0.5, 0.6) is 0 Å². The van der Waals surface area contributed by atoms with Gasteiger partial charge in [-0.05, 0) is 24.1 Å². The van der Waals surface area contributed by atoms with Crippen molar-refractivity contribution in [3.05, 3.63) is 59.9 Å². The van der Waals surface area contributed by atoms with Gasteiger partial charge in [-0.15, -0.1) is 0 Å². The molecule has 0 bridgehead atoms. The molecular formula is C18H18FNO2. The predicted octanol–water partition coefficient (Wildman–Crippen LogP) is 3.26. The number of hydrogen-bond acceptors (Lipinski definition) is 2. The fraction of sp³-hybridized carbons (Fsp3) is 0.278. The van der Waals surface area contributed by atoms with E-state index in [2.05, 4.69) is 5.32 Å². The number of amides is 1. The number of rotatable bonds is 4. The fourth-order valence-corrected chi connectivity index (χ4v) is 2.67. The average molecular weight is 299 g/mol. The first kappa shape index (κ1) is 14.7. The second-order valence-corrected chi connectivity index (χ2v) is 5.47. The van der Waals surface area contributed by atoms with Crippen LogP contribution < -0.4 is 5.32 Å². The second-order valence-electron chi connectivity index (χ2n) is 5.47. The largest absolute Gasteiger partial charge is 0.381 e. The van der Waals surface area contributed by atoms with Gasteiger partial charge < -0.3 is 10.1 Å². The quantitative estimate of drug-likeness (QED) is 0.941. The number of nitrogens with one attached hydrogen (secondary N) is 1. The monoisotopic (exact) mass is 299 g/mol. The maximum Gasteiger partial charge on any atom is 0.251 e. The van der Waals surface area contributed by atoms with E-state index in [1.165, 1.54) is 6.07 Å². The highest BCUT2D eigenvalue weighted by molar-refractivity contribution is 6.00. The summed E-state index contributed by atoms with van der Waals surface area (Å²) in [4.78, 5) is 12.4. The molecule has 2 aromatic rings. The minimum atomic E-state index is -0.327. The summed E-state index contributed by atoms with van der Waals surface area (Å²) in [6, 6.07) is 13.6. The maximum absolute atomic E-state index is 14.0. The van der Waals surface area contributed by atoms with Gasteiger partial charge in [0.15, 0.2) is 0 Å². The highest BCUT2D eigenvalue weighted by Gasteiger charge is 2.19. The van der Waals surface area contributed by atoms with E-state index in [0.717, 1.165) is 13.0 Å². The molecule has 3 nitrogen and oxygen atoms in total. The maximum atomic E-state index is 14.0. The number of carbonyl (C=O) groups excluding carboxylic acids is 1. The molecule has 1 atom stereocenters. The van der Waals surface area contributed by atoms with Crippen molar-refractivity contribution in [3.8, 4) is 11.1 Å². The van der Waals surface area contributed by atoms with Gasteiger partial charge in [0.05, 0.1) is 6.61 Å². The smallest absolute Gasteiger partial charge is 0.251 e. The Morgan fingerprint density at radius 3 is 2.59 bits per heavy atom. The third-order valence-electron chi connectivity index (χ3n) is 3.91. The van der Waals surface area contributed by atoms with Crippen LogP contribution in [0.4, 0.5) is 4.39 Å². The second kappa shape index (κ2) is 6.71. The molecular weight excluding hydrogens is 281 g/mol. The topological polar surface area (TPSA) is 38.3 Å². The summed E-state index contributed by atoms with van der Waals surface area (Å²) in [5.41, 5.74) is 1.55. The summed E-state index contributed by atoms with van der Waals surface area (Å²) >= 11 is 0. The Hall–Kier alpha value is -2.20. The lowest BCUT2D eigenvalue weighted by Crippen LogP contribution is -2.29. The van der Waals surface area contributed by atoms with E-state index in [1.54, 1.807) is 36.4 Å². The molecule has 1 aliphatic rings. The average Bonchev–Trinajstić information content (AvgIpc) is 3.06. The van der Waals surface area contributed by atoms with Gasteiger partial charge in [0, 0.05) is 30.2 Å². The Morgan fingerprint density at radius 2 is 1.86 bits per heavy atom. The first-order valence-corrected chi connectivity index (χ1v) is 7.45. The van der Waals surface area contributed by atoms with Crippen LogP contribution in [0.2, 0.25) is 0 Å². The Balaban J connectivity index is 1.81. The van der Waals surface area contributed by atoms with E-state index in [4.69, 9.17) is 4.74 Å². The molecule has 0 aromatic heterocycles. The van der Waals surface area contributed by atoms with E-state index in [0.29, 0.717) is 35.8 Å². The van der Waals surface area contributed by atoms with Crippen LogP contribution >= 0.6 is 0 Å². The van der Waals surface area contributed by atoms with Crippen LogP contribution in [0.3, 0.4) is 0 Å². The van der Waals surface area contributed by atoms with Gasteiger partial charge in [0.2, 0.25) is 0 Å².